The largest absolute Gasteiger partial charge is 0.478 e. The van der Waals surface area contributed by atoms with E-state index < -0.39 is 17.9 Å². The molecule has 0 aliphatic carbocycles. The van der Waals surface area contributed by atoms with E-state index >= 15 is 0 Å². The summed E-state index contributed by atoms with van der Waals surface area (Å²) in [7, 11) is 0. The Morgan fingerprint density at radius 1 is 0.677 bits per heavy atom. The maximum Gasteiger partial charge on any atom is 0.346 e. The zero-order valence-corrected chi connectivity index (χ0v) is 19.2. The third-order valence-corrected chi connectivity index (χ3v) is 5.57. The summed E-state index contributed by atoms with van der Waals surface area (Å²) in [4.78, 5) is 35.0. The molecule has 0 amide bonds. The van der Waals surface area contributed by atoms with Crippen molar-refractivity contribution in [1.29, 1.82) is 0 Å². The van der Waals surface area contributed by atoms with Gasteiger partial charge < -0.3 is 9.84 Å². The highest BCUT2D eigenvalue weighted by Gasteiger charge is 2.19. The van der Waals surface area contributed by atoms with Crippen molar-refractivity contribution in [3.63, 3.8) is 0 Å². The lowest BCUT2D eigenvalue weighted by molar-refractivity contribution is -0.138. The maximum absolute atomic E-state index is 12.0. The average molecular weight is 433 g/mol. The highest BCUT2D eigenvalue weighted by molar-refractivity contribution is 6.05. The minimum atomic E-state index is -1.22. The second-order valence-electron chi connectivity index (χ2n) is 8.31. The van der Waals surface area contributed by atoms with Gasteiger partial charge in [0.25, 0.3) is 0 Å². The van der Waals surface area contributed by atoms with Gasteiger partial charge in [0.15, 0.2) is 0 Å². The zero-order valence-electron chi connectivity index (χ0n) is 19.2. The van der Waals surface area contributed by atoms with Crippen LogP contribution in [0.25, 0.3) is 0 Å². The topological polar surface area (TPSA) is 80.7 Å². The van der Waals surface area contributed by atoms with Crippen LogP contribution in [0.4, 0.5) is 0 Å². The summed E-state index contributed by atoms with van der Waals surface area (Å²) in [6.45, 7) is 2.25. The lowest BCUT2D eigenvalue weighted by atomic mass is 10.0. The third kappa shape index (κ3) is 13.0. The predicted molar refractivity (Wildman–Crippen MR) is 123 cm³/mol. The Hall–Kier alpha value is -2.17. The summed E-state index contributed by atoms with van der Waals surface area (Å²) in [5, 5.41) is 9.11. The van der Waals surface area contributed by atoms with Gasteiger partial charge in [0.05, 0.1) is 11.1 Å². The molecule has 0 fully saturated rings. The number of carboxylic acid groups (broad SMARTS) is 1. The molecule has 0 bridgehead atoms. The molecule has 1 aromatic rings. The standard InChI is InChI=1S/C26H40O5/c1-2-3-4-5-6-7-8-9-10-11-12-13-14-15-16-21-24(27)31-26(30)23-20-18-17-19-22(23)25(28)29/h17-20H,2-16,21H2,1H3,(H,28,29). The Bertz CT molecular complexity index is 653. The Labute approximate surface area is 187 Å². The molecule has 0 spiro atoms. The first-order valence-corrected chi connectivity index (χ1v) is 12.1. The van der Waals surface area contributed by atoms with Crippen LogP contribution in [-0.2, 0) is 9.53 Å². The van der Waals surface area contributed by atoms with Crippen molar-refractivity contribution in [2.45, 2.75) is 110 Å². The number of rotatable bonds is 18. The van der Waals surface area contributed by atoms with E-state index in [9.17, 15) is 14.4 Å². The first-order valence-electron chi connectivity index (χ1n) is 12.1. The molecular weight excluding hydrogens is 392 g/mol. The van der Waals surface area contributed by atoms with Crippen molar-refractivity contribution < 1.29 is 24.2 Å². The van der Waals surface area contributed by atoms with Crippen LogP contribution in [0.1, 0.15) is 130 Å². The fourth-order valence-corrected chi connectivity index (χ4v) is 3.70. The second-order valence-corrected chi connectivity index (χ2v) is 8.31. The van der Waals surface area contributed by atoms with Crippen LogP contribution < -0.4 is 0 Å². The van der Waals surface area contributed by atoms with Crippen molar-refractivity contribution >= 4 is 17.9 Å². The molecule has 0 aliphatic rings. The smallest absolute Gasteiger partial charge is 0.346 e. The summed E-state index contributed by atoms with van der Waals surface area (Å²) in [6.07, 6.45) is 18.9. The minimum Gasteiger partial charge on any atom is -0.478 e. The Kier molecular flexibility index (Phi) is 15.2. The predicted octanol–water partition coefficient (Wildman–Crippen LogP) is 7.33. The maximum atomic E-state index is 12.0. The number of hydrogen-bond acceptors (Lipinski definition) is 4. The molecule has 0 saturated carbocycles. The van der Waals surface area contributed by atoms with Gasteiger partial charge in [-0.2, -0.15) is 0 Å². The molecular formula is C26H40O5. The quantitative estimate of drug-likeness (QED) is 0.149. The van der Waals surface area contributed by atoms with Gasteiger partial charge in [-0.1, -0.05) is 109 Å². The number of benzene rings is 1. The summed E-state index contributed by atoms with van der Waals surface area (Å²) in [5.74, 6) is -2.72. The second kappa shape index (κ2) is 17.5. The number of hydrogen-bond donors (Lipinski definition) is 1. The van der Waals surface area contributed by atoms with E-state index in [1.807, 2.05) is 0 Å². The zero-order chi connectivity index (χ0) is 22.7. The molecule has 0 saturated heterocycles. The van der Waals surface area contributed by atoms with E-state index in [0.29, 0.717) is 6.42 Å². The van der Waals surface area contributed by atoms with Gasteiger partial charge in [-0.15, -0.1) is 0 Å². The van der Waals surface area contributed by atoms with Crippen molar-refractivity contribution in [1.82, 2.24) is 0 Å². The van der Waals surface area contributed by atoms with Gasteiger partial charge in [0, 0.05) is 6.42 Å². The van der Waals surface area contributed by atoms with Crippen LogP contribution in [0.2, 0.25) is 0 Å². The van der Waals surface area contributed by atoms with E-state index in [-0.39, 0.29) is 17.5 Å². The van der Waals surface area contributed by atoms with Crippen LogP contribution in [-0.4, -0.2) is 23.0 Å². The summed E-state index contributed by atoms with van der Waals surface area (Å²) >= 11 is 0. The average Bonchev–Trinajstić information content (AvgIpc) is 2.76. The van der Waals surface area contributed by atoms with E-state index in [1.165, 1.54) is 95.2 Å². The summed E-state index contributed by atoms with van der Waals surface area (Å²) < 4.78 is 4.81. The van der Waals surface area contributed by atoms with Crippen molar-refractivity contribution in [3.8, 4) is 0 Å². The van der Waals surface area contributed by atoms with E-state index in [4.69, 9.17) is 9.84 Å². The molecule has 1 rings (SSSR count). The molecule has 1 aromatic carbocycles. The molecule has 31 heavy (non-hydrogen) atoms. The molecule has 0 radical (unpaired) electrons. The molecule has 5 nitrogen and oxygen atoms in total. The van der Waals surface area contributed by atoms with Gasteiger partial charge >= 0.3 is 17.9 Å². The number of carbonyl (C=O) groups is 3. The fourth-order valence-electron chi connectivity index (χ4n) is 3.70. The summed E-state index contributed by atoms with van der Waals surface area (Å²) in [6, 6.07) is 5.74. The number of esters is 2. The van der Waals surface area contributed by atoms with Gasteiger partial charge in [-0.05, 0) is 18.6 Å². The van der Waals surface area contributed by atoms with Gasteiger partial charge in [-0.25, -0.2) is 9.59 Å². The number of ether oxygens (including phenoxy) is 1. The van der Waals surface area contributed by atoms with Crippen LogP contribution in [0, 0.1) is 0 Å². The van der Waals surface area contributed by atoms with E-state index in [1.54, 1.807) is 6.07 Å². The number of unbranched alkanes of at least 4 members (excludes halogenated alkanes) is 14. The normalized spacial score (nSPS) is 10.7. The SMILES string of the molecule is CCCCCCCCCCCCCCCCCC(=O)OC(=O)c1ccccc1C(=O)O. The van der Waals surface area contributed by atoms with Crippen LogP contribution >= 0.6 is 0 Å². The van der Waals surface area contributed by atoms with Crippen molar-refractivity contribution in [2.75, 3.05) is 0 Å². The van der Waals surface area contributed by atoms with Crippen molar-refractivity contribution in [2.24, 2.45) is 0 Å². The third-order valence-electron chi connectivity index (χ3n) is 5.57. The highest BCUT2D eigenvalue weighted by Crippen LogP contribution is 2.15. The summed E-state index contributed by atoms with van der Waals surface area (Å²) in [5.41, 5.74) is -0.257. The van der Waals surface area contributed by atoms with Gasteiger partial charge in [0.1, 0.15) is 0 Å². The molecule has 0 unspecified atom stereocenters. The molecule has 0 aliphatic heterocycles. The minimum absolute atomic E-state index is 0.0974. The van der Waals surface area contributed by atoms with Crippen LogP contribution in [0.15, 0.2) is 24.3 Å². The molecule has 1 N–H and O–H groups in total. The van der Waals surface area contributed by atoms with Gasteiger partial charge in [0.2, 0.25) is 0 Å². The first-order chi connectivity index (χ1) is 15.1. The Balaban J connectivity index is 1.98. The van der Waals surface area contributed by atoms with Crippen molar-refractivity contribution in [3.05, 3.63) is 35.4 Å². The molecule has 0 aromatic heterocycles. The Morgan fingerprint density at radius 3 is 1.55 bits per heavy atom. The molecule has 0 atom stereocenters. The highest BCUT2D eigenvalue weighted by atomic mass is 16.6. The van der Waals surface area contributed by atoms with Crippen LogP contribution in [0.3, 0.4) is 0 Å². The molecule has 0 heterocycles. The number of aromatic carboxylic acids is 1. The number of carboxylic acids is 1. The monoisotopic (exact) mass is 432 g/mol. The number of carbonyl (C=O) groups excluding carboxylic acids is 2. The lowest BCUT2D eigenvalue weighted by Crippen LogP contribution is -2.15. The molecule has 5 heteroatoms. The van der Waals surface area contributed by atoms with Crippen LogP contribution in [0.5, 0.6) is 0 Å². The fraction of sp³-hybridized carbons (Fsp3) is 0.654. The Morgan fingerprint density at radius 2 is 1.10 bits per heavy atom. The first kappa shape index (κ1) is 26.9. The molecule has 174 valence electrons. The van der Waals surface area contributed by atoms with Gasteiger partial charge in [-0.3, -0.25) is 4.79 Å². The van der Waals surface area contributed by atoms with E-state index in [2.05, 4.69) is 6.92 Å². The van der Waals surface area contributed by atoms with E-state index in [0.717, 1.165) is 12.8 Å². The lowest BCUT2D eigenvalue weighted by Gasteiger charge is -2.06.